The van der Waals surface area contributed by atoms with Gasteiger partial charge >= 0.3 is 5.97 Å². The van der Waals surface area contributed by atoms with Gasteiger partial charge in [0.1, 0.15) is 5.75 Å². The third kappa shape index (κ3) is 6.75. The van der Waals surface area contributed by atoms with Gasteiger partial charge in [-0.15, -0.1) is 0 Å². The predicted octanol–water partition coefficient (Wildman–Crippen LogP) is 3.85. The standard InChI is InChI=1S/C21H27NO4/c1-3-4-5-8-16(2)22-20(23)14-26-21(24)15-25-19-12-11-17-9-6-7-10-18(17)13-19/h6-7,9-13,16H,3-5,8,14-15H2,1-2H3,(H,22,23)/t16-/m0/s1. The molecule has 0 radical (unpaired) electrons. The van der Waals surface area contributed by atoms with Crippen molar-refractivity contribution in [3.8, 4) is 5.75 Å². The number of carbonyl (C=O) groups is 2. The molecule has 2 aromatic rings. The second-order valence-corrected chi connectivity index (χ2v) is 6.42. The number of amides is 1. The van der Waals surface area contributed by atoms with Crippen molar-refractivity contribution in [2.24, 2.45) is 0 Å². The molecule has 5 nitrogen and oxygen atoms in total. The van der Waals surface area contributed by atoms with Crippen LogP contribution in [0.25, 0.3) is 10.8 Å². The molecule has 0 aliphatic heterocycles. The molecule has 0 bridgehead atoms. The summed E-state index contributed by atoms with van der Waals surface area (Å²) in [5, 5.41) is 4.97. The number of hydrogen-bond donors (Lipinski definition) is 1. The molecule has 0 unspecified atom stereocenters. The summed E-state index contributed by atoms with van der Waals surface area (Å²) in [6, 6.07) is 13.6. The zero-order valence-corrected chi connectivity index (χ0v) is 15.5. The Labute approximate surface area is 154 Å². The molecule has 5 heteroatoms. The maximum absolute atomic E-state index is 11.8. The van der Waals surface area contributed by atoms with Crippen LogP contribution in [0.3, 0.4) is 0 Å². The van der Waals surface area contributed by atoms with Gasteiger partial charge in [0.2, 0.25) is 0 Å². The van der Waals surface area contributed by atoms with Gasteiger partial charge in [0.25, 0.3) is 5.91 Å². The second kappa shape index (κ2) is 10.4. The zero-order valence-electron chi connectivity index (χ0n) is 15.5. The van der Waals surface area contributed by atoms with Crippen molar-refractivity contribution in [3.63, 3.8) is 0 Å². The first kappa shape index (κ1) is 19.8. The molecule has 0 heterocycles. The van der Waals surface area contributed by atoms with E-state index >= 15 is 0 Å². The van der Waals surface area contributed by atoms with Crippen LogP contribution in [0.2, 0.25) is 0 Å². The number of unbranched alkanes of at least 4 members (excludes halogenated alkanes) is 2. The summed E-state index contributed by atoms with van der Waals surface area (Å²) in [7, 11) is 0. The molecule has 0 saturated heterocycles. The number of nitrogens with one attached hydrogen (secondary N) is 1. The number of rotatable bonds is 10. The lowest BCUT2D eigenvalue weighted by Crippen LogP contribution is -2.36. The summed E-state index contributed by atoms with van der Waals surface area (Å²) >= 11 is 0. The van der Waals surface area contributed by atoms with Crippen LogP contribution in [0.1, 0.15) is 39.5 Å². The average molecular weight is 357 g/mol. The Morgan fingerprint density at radius 2 is 1.81 bits per heavy atom. The fourth-order valence-electron chi connectivity index (χ4n) is 2.68. The lowest BCUT2D eigenvalue weighted by Gasteiger charge is -2.13. The molecule has 1 atom stereocenters. The normalized spacial score (nSPS) is 11.8. The van der Waals surface area contributed by atoms with E-state index in [0.717, 1.165) is 36.5 Å². The van der Waals surface area contributed by atoms with Gasteiger partial charge in [-0.25, -0.2) is 4.79 Å². The highest BCUT2D eigenvalue weighted by Gasteiger charge is 2.11. The summed E-state index contributed by atoms with van der Waals surface area (Å²) in [5.74, 6) is -0.255. The Balaban J connectivity index is 1.68. The lowest BCUT2D eigenvalue weighted by atomic mass is 10.1. The van der Waals surface area contributed by atoms with E-state index < -0.39 is 5.97 Å². The minimum Gasteiger partial charge on any atom is -0.482 e. The Morgan fingerprint density at radius 3 is 2.58 bits per heavy atom. The highest BCUT2D eigenvalue weighted by atomic mass is 16.6. The molecular formula is C21H27NO4. The van der Waals surface area contributed by atoms with Crippen molar-refractivity contribution >= 4 is 22.6 Å². The molecule has 1 amide bonds. The highest BCUT2D eigenvalue weighted by molar-refractivity contribution is 5.84. The van der Waals surface area contributed by atoms with Gasteiger partial charge in [0.05, 0.1) is 0 Å². The second-order valence-electron chi connectivity index (χ2n) is 6.42. The van der Waals surface area contributed by atoms with E-state index in [4.69, 9.17) is 9.47 Å². The smallest absolute Gasteiger partial charge is 0.344 e. The van der Waals surface area contributed by atoms with Crippen molar-refractivity contribution < 1.29 is 19.1 Å². The molecule has 0 aliphatic rings. The number of hydrogen-bond acceptors (Lipinski definition) is 4. The molecule has 0 spiro atoms. The molecule has 140 valence electrons. The van der Waals surface area contributed by atoms with Gasteiger partial charge in [0, 0.05) is 6.04 Å². The molecule has 0 fully saturated rings. The van der Waals surface area contributed by atoms with Crippen LogP contribution in [-0.2, 0) is 14.3 Å². The van der Waals surface area contributed by atoms with Crippen LogP contribution in [0.15, 0.2) is 42.5 Å². The van der Waals surface area contributed by atoms with Crippen LogP contribution in [0.4, 0.5) is 0 Å². The Morgan fingerprint density at radius 1 is 1.04 bits per heavy atom. The molecule has 0 aromatic heterocycles. The van der Waals surface area contributed by atoms with Crippen LogP contribution < -0.4 is 10.1 Å². The monoisotopic (exact) mass is 357 g/mol. The number of benzene rings is 2. The van der Waals surface area contributed by atoms with Gasteiger partial charge in [-0.05, 0) is 36.2 Å². The Kier molecular flexibility index (Phi) is 7.93. The lowest BCUT2D eigenvalue weighted by molar-refractivity contribution is -0.150. The topological polar surface area (TPSA) is 64.6 Å². The van der Waals surface area contributed by atoms with E-state index in [9.17, 15) is 9.59 Å². The summed E-state index contributed by atoms with van der Waals surface area (Å²) in [6.07, 6.45) is 4.31. The van der Waals surface area contributed by atoms with Crippen molar-refractivity contribution in [1.82, 2.24) is 5.32 Å². The van der Waals surface area contributed by atoms with Gasteiger partial charge in [0.15, 0.2) is 13.2 Å². The predicted molar refractivity (Wildman–Crippen MR) is 102 cm³/mol. The highest BCUT2D eigenvalue weighted by Crippen LogP contribution is 2.20. The van der Waals surface area contributed by atoms with E-state index in [1.807, 2.05) is 43.3 Å². The fraction of sp³-hybridized carbons (Fsp3) is 0.429. The Bertz CT molecular complexity index is 729. The first-order valence-electron chi connectivity index (χ1n) is 9.15. The van der Waals surface area contributed by atoms with Crippen molar-refractivity contribution in [2.45, 2.75) is 45.6 Å². The fourth-order valence-corrected chi connectivity index (χ4v) is 2.68. The van der Waals surface area contributed by atoms with E-state index in [1.165, 1.54) is 0 Å². The summed E-state index contributed by atoms with van der Waals surface area (Å²) in [6.45, 7) is 3.59. The van der Waals surface area contributed by atoms with Crippen LogP contribution in [-0.4, -0.2) is 31.1 Å². The third-order valence-electron chi connectivity index (χ3n) is 4.09. The summed E-state index contributed by atoms with van der Waals surface area (Å²) in [5.41, 5.74) is 0. The minimum atomic E-state index is -0.563. The largest absolute Gasteiger partial charge is 0.482 e. The first-order valence-corrected chi connectivity index (χ1v) is 9.15. The maximum Gasteiger partial charge on any atom is 0.344 e. The van der Waals surface area contributed by atoms with E-state index in [1.54, 1.807) is 6.07 Å². The van der Waals surface area contributed by atoms with Crippen molar-refractivity contribution in [3.05, 3.63) is 42.5 Å². The molecule has 1 N–H and O–H groups in total. The maximum atomic E-state index is 11.8. The van der Waals surface area contributed by atoms with Crippen LogP contribution in [0, 0.1) is 0 Å². The minimum absolute atomic E-state index is 0.0848. The molecule has 0 aliphatic carbocycles. The number of ether oxygens (including phenoxy) is 2. The van der Waals surface area contributed by atoms with Gasteiger partial charge < -0.3 is 14.8 Å². The number of carbonyl (C=O) groups excluding carboxylic acids is 2. The first-order chi connectivity index (χ1) is 12.6. The number of esters is 1. The van der Waals surface area contributed by atoms with Crippen molar-refractivity contribution in [1.29, 1.82) is 0 Å². The molecule has 0 saturated carbocycles. The van der Waals surface area contributed by atoms with E-state index in [-0.39, 0.29) is 25.2 Å². The van der Waals surface area contributed by atoms with Gasteiger partial charge in [-0.2, -0.15) is 0 Å². The van der Waals surface area contributed by atoms with Crippen LogP contribution in [0.5, 0.6) is 5.75 Å². The number of fused-ring (bicyclic) bond motifs is 1. The van der Waals surface area contributed by atoms with Gasteiger partial charge in [-0.1, -0.05) is 56.5 Å². The van der Waals surface area contributed by atoms with Crippen LogP contribution >= 0.6 is 0 Å². The quantitative estimate of drug-likeness (QED) is 0.518. The molecular weight excluding hydrogens is 330 g/mol. The van der Waals surface area contributed by atoms with E-state index in [0.29, 0.717) is 5.75 Å². The zero-order chi connectivity index (χ0) is 18.8. The Hall–Kier alpha value is -2.56. The van der Waals surface area contributed by atoms with E-state index in [2.05, 4.69) is 12.2 Å². The molecule has 26 heavy (non-hydrogen) atoms. The molecule has 2 aromatic carbocycles. The molecule has 2 rings (SSSR count). The van der Waals surface area contributed by atoms with Gasteiger partial charge in [-0.3, -0.25) is 4.79 Å². The summed E-state index contributed by atoms with van der Waals surface area (Å²) in [4.78, 5) is 23.5. The third-order valence-corrected chi connectivity index (χ3v) is 4.09. The van der Waals surface area contributed by atoms with Crippen molar-refractivity contribution in [2.75, 3.05) is 13.2 Å². The average Bonchev–Trinajstić information content (AvgIpc) is 2.64. The summed E-state index contributed by atoms with van der Waals surface area (Å²) < 4.78 is 10.4. The SMILES string of the molecule is CCCCC[C@H](C)NC(=O)COC(=O)COc1ccc2ccccc2c1.